The van der Waals surface area contributed by atoms with Gasteiger partial charge >= 0.3 is 0 Å². The first-order valence-electron chi connectivity index (χ1n) is 9.41. The third-order valence-corrected chi connectivity index (χ3v) is 6.00. The maximum absolute atomic E-state index is 13.0. The number of nitrogens with one attached hydrogen (secondary N) is 1. The molecular formula is C21H18FN5O2S2. The van der Waals surface area contributed by atoms with Gasteiger partial charge in [-0.15, -0.1) is 21.5 Å². The van der Waals surface area contributed by atoms with Crippen molar-refractivity contribution in [2.24, 2.45) is 0 Å². The van der Waals surface area contributed by atoms with Gasteiger partial charge < -0.3 is 14.6 Å². The number of amides is 1. The number of hydrogen-bond donors (Lipinski definition) is 1. The lowest BCUT2D eigenvalue weighted by Crippen LogP contribution is -2.14. The molecule has 158 valence electrons. The summed E-state index contributed by atoms with van der Waals surface area (Å²) in [7, 11) is 0. The Kier molecular flexibility index (Phi) is 6.58. The molecule has 0 radical (unpaired) electrons. The van der Waals surface area contributed by atoms with E-state index < -0.39 is 0 Å². The van der Waals surface area contributed by atoms with Crippen molar-refractivity contribution in [1.29, 1.82) is 0 Å². The van der Waals surface area contributed by atoms with Crippen LogP contribution < -0.4 is 10.1 Å². The minimum Gasteiger partial charge on any atom is -0.439 e. The first-order chi connectivity index (χ1) is 15.1. The number of pyridine rings is 1. The summed E-state index contributed by atoms with van der Waals surface area (Å²) in [5.41, 5.74) is 0.549. The molecule has 31 heavy (non-hydrogen) atoms. The SMILES string of the molecule is CCn1c(SCC(=O)Nc2ccc(Oc3ccc(F)cc3)nc2)nnc1-c1cccs1. The summed E-state index contributed by atoms with van der Waals surface area (Å²) in [6.07, 6.45) is 1.50. The van der Waals surface area contributed by atoms with E-state index in [1.54, 1.807) is 23.5 Å². The largest absolute Gasteiger partial charge is 0.439 e. The Labute approximate surface area is 186 Å². The van der Waals surface area contributed by atoms with Crippen LogP contribution >= 0.6 is 23.1 Å². The summed E-state index contributed by atoms with van der Waals surface area (Å²) in [5, 5.41) is 14.0. The van der Waals surface area contributed by atoms with Gasteiger partial charge in [-0.05, 0) is 48.7 Å². The van der Waals surface area contributed by atoms with Crippen LogP contribution in [0, 0.1) is 5.82 Å². The van der Waals surface area contributed by atoms with Crippen molar-refractivity contribution in [1.82, 2.24) is 19.7 Å². The van der Waals surface area contributed by atoms with Gasteiger partial charge in [-0.25, -0.2) is 9.37 Å². The molecule has 4 rings (SSSR count). The van der Waals surface area contributed by atoms with Gasteiger partial charge in [0.1, 0.15) is 11.6 Å². The third-order valence-electron chi connectivity index (χ3n) is 4.16. The molecule has 1 aromatic carbocycles. The second-order valence-electron chi connectivity index (χ2n) is 6.31. The highest BCUT2D eigenvalue weighted by atomic mass is 32.2. The Balaban J connectivity index is 1.32. The number of nitrogens with zero attached hydrogens (tertiary/aromatic N) is 4. The lowest BCUT2D eigenvalue weighted by Gasteiger charge is -2.08. The average molecular weight is 456 g/mol. The Morgan fingerprint density at radius 3 is 2.71 bits per heavy atom. The molecule has 4 aromatic rings. The van der Waals surface area contributed by atoms with Gasteiger partial charge in [-0.1, -0.05) is 17.8 Å². The Morgan fingerprint density at radius 2 is 2.03 bits per heavy atom. The van der Waals surface area contributed by atoms with Crippen molar-refractivity contribution in [2.75, 3.05) is 11.1 Å². The third kappa shape index (κ3) is 5.28. The number of thioether (sulfide) groups is 1. The molecule has 0 bridgehead atoms. The number of ether oxygens (including phenoxy) is 1. The topological polar surface area (TPSA) is 81.9 Å². The second-order valence-corrected chi connectivity index (χ2v) is 8.20. The molecular weight excluding hydrogens is 437 g/mol. The number of carbonyl (C=O) groups is 1. The molecule has 10 heteroatoms. The van der Waals surface area contributed by atoms with Crippen molar-refractivity contribution in [3.63, 3.8) is 0 Å². The Morgan fingerprint density at radius 1 is 1.19 bits per heavy atom. The Hall–Kier alpha value is -3.24. The highest BCUT2D eigenvalue weighted by Gasteiger charge is 2.15. The molecule has 0 unspecified atom stereocenters. The first kappa shape index (κ1) is 21.0. The van der Waals surface area contributed by atoms with Gasteiger partial charge in [-0.3, -0.25) is 4.79 Å². The van der Waals surface area contributed by atoms with Gasteiger partial charge in [0.15, 0.2) is 11.0 Å². The molecule has 3 aromatic heterocycles. The lowest BCUT2D eigenvalue weighted by atomic mass is 10.3. The normalized spacial score (nSPS) is 10.8. The minimum absolute atomic E-state index is 0.178. The van der Waals surface area contributed by atoms with E-state index in [0.29, 0.717) is 29.0 Å². The maximum atomic E-state index is 13.0. The van der Waals surface area contributed by atoms with E-state index in [1.807, 2.05) is 29.0 Å². The number of rotatable bonds is 8. The van der Waals surface area contributed by atoms with E-state index in [2.05, 4.69) is 20.5 Å². The minimum atomic E-state index is -0.337. The fourth-order valence-corrected chi connectivity index (χ4v) is 4.25. The predicted molar refractivity (Wildman–Crippen MR) is 119 cm³/mol. The van der Waals surface area contributed by atoms with E-state index >= 15 is 0 Å². The average Bonchev–Trinajstić information content (AvgIpc) is 3.44. The summed E-state index contributed by atoms with van der Waals surface area (Å²) in [4.78, 5) is 17.6. The molecule has 3 heterocycles. The molecule has 1 N–H and O–H groups in total. The fraction of sp³-hybridized carbons (Fsp3) is 0.143. The van der Waals surface area contributed by atoms with Crippen LogP contribution in [0.15, 0.2) is 65.3 Å². The van der Waals surface area contributed by atoms with E-state index in [1.165, 1.54) is 42.2 Å². The molecule has 0 atom stereocenters. The number of benzene rings is 1. The molecule has 0 saturated carbocycles. The summed E-state index contributed by atoms with van der Waals surface area (Å²) >= 11 is 2.93. The highest BCUT2D eigenvalue weighted by Crippen LogP contribution is 2.27. The van der Waals surface area contributed by atoms with Crippen LogP contribution in [0.5, 0.6) is 11.6 Å². The zero-order chi connectivity index (χ0) is 21.6. The summed E-state index contributed by atoms with van der Waals surface area (Å²) in [6, 6.07) is 12.9. The van der Waals surface area contributed by atoms with Gasteiger partial charge in [0.2, 0.25) is 11.8 Å². The number of anilines is 1. The lowest BCUT2D eigenvalue weighted by molar-refractivity contribution is -0.113. The van der Waals surface area contributed by atoms with Crippen molar-refractivity contribution in [3.05, 3.63) is 65.9 Å². The number of thiophene rings is 1. The van der Waals surface area contributed by atoms with Crippen molar-refractivity contribution in [3.8, 4) is 22.3 Å². The van der Waals surface area contributed by atoms with E-state index in [4.69, 9.17) is 4.74 Å². The zero-order valence-corrected chi connectivity index (χ0v) is 18.1. The number of aromatic nitrogens is 4. The molecule has 7 nitrogen and oxygen atoms in total. The standard InChI is InChI=1S/C21H18FN5O2S2/c1-2-27-20(17-4-3-11-30-17)25-26-21(27)31-13-18(28)24-15-7-10-19(23-12-15)29-16-8-5-14(22)6-9-16/h3-12H,2,13H2,1H3,(H,24,28). The number of hydrogen-bond acceptors (Lipinski definition) is 7. The summed E-state index contributed by atoms with van der Waals surface area (Å²) in [6.45, 7) is 2.73. The van der Waals surface area contributed by atoms with Crippen LogP contribution in [-0.4, -0.2) is 31.4 Å². The zero-order valence-electron chi connectivity index (χ0n) is 16.5. The molecule has 0 aliphatic heterocycles. The molecule has 1 amide bonds. The molecule has 0 saturated heterocycles. The van der Waals surface area contributed by atoms with Crippen LogP contribution in [0.25, 0.3) is 10.7 Å². The van der Waals surface area contributed by atoms with Crippen LogP contribution in [0.4, 0.5) is 10.1 Å². The molecule has 0 spiro atoms. The molecule has 0 fully saturated rings. The van der Waals surface area contributed by atoms with E-state index in [0.717, 1.165) is 10.7 Å². The fourth-order valence-electron chi connectivity index (χ4n) is 2.73. The first-order valence-corrected chi connectivity index (χ1v) is 11.3. The summed E-state index contributed by atoms with van der Waals surface area (Å²) in [5.74, 6) is 1.30. The highest BCUT2D eigenvalue weighted by molar-refractivity contribution is 7.99. The summed E-state index contributed by atoms with van der Waals surface area (Å²) < 4.78 is 20.5. The maximum Gasteiger partial charge on any atom is 0.234 e. The van der Waals surface area contributed by atoms with Crippen molar-refractivity contribution < 1.29 is 13.9 Å². The second kappa shape index (κ2) is 9.71. The van der Waals surface area contributed by atoms with Crippen molar-refractivity contribution >= 4 is 34.7 Å². The monoisotopic (exact) mass is 455 g/mol. The number of halogens is 1. The van der Waals surface area contributed by atoms with Gasteiger partial charge in [0.05, 0.1) is 22.5 Å². The van der Waals surface area contributed by atoms with E-state index in [-0.39, 0.29) is 17.5 Å². The smallest absolute Gasteiger partial charge is 0.234 e. The van der Waals surface area contributed by atoms with Crippen LogP contribution in [0.1, 0.15) is 6.92 Å². The van der Waals surface area contributed by atoms with Crippen molar-refractivity contribution in [2.45, 2.75) is 18.6 Å². The number of carbonyl (C=O) groups excluding carboxylic acids is 1. The quantitative estimate of drug-likeness (QED) is 0.373. The van der Waals surface area contributed by atoms with Crippen LogP contribution in [0.3, 0.4) is 0 Å². The van der Waals surface area contributed by atoms with Crippen LogP contribution in [0.2, 0.25) is 0 Å². The molecule has 0 aliphatic rings. The van der Waals surface area contributed by atoms with Crippen LogP contribution in [-0.2, 0) is 11.3 Å². The molecule has 0 aliphatic carbocycles. The van der Waals surface area contributed by atoms with E-state index in [9.17, 15) is 9.18 Å². The Bertz CT molecular complexity index is 1150. The predicted octanol–water partition coefficient (Wildman–Crippen LogP) is 5.08. The van der Waals surface area contributed by atoms with Gasteiger partial charge in [-0.2, -0.15) is 0 Å². The van der Waals surface area contributed by atoms with Gasteiger partial charge in [0, 0.05) is 12.6 Å². The van der Waals surface area contributed by atoms with Gasteiger partial charge in [0.25, 0.3) is 0 Å².